The fraction of sp³-hybridized carbons (Fsp3) is 0.143. The molecule has 7 nitrogen and oxygen atoms in total. The van der Waals surface area contributed by atoms with E-state index in [1.807, 2.05) is 54.1 Å². The molecule has 0 bridgehead atoms. The summed E-state index contributed by atoms with van der Waals surface area (Å²) in [6, 6.07) is 18.7. The van der Waals surface area contributed by atoms with Crippen LogP contribution in [0.15, 0.2) is 87.3 Å². The lowest BCUT2D eigenvalue weighted by Crippen LogP contribution is -2.22. The maximum Gasteiger partial charge on any atom is 0.282 e. The SMILES string of the molecule is CCCc1nc2ccc(Br)cc2c(=O)n1N=Cc1cn(CC(=O)Nc2ccc(F)cc2)c2ccccc12. The number of hydrogen-bond acceptors (Lipinski definition) is 4. The molecule has 2 aromatic heterocycles. The standard InChI is InChI=1S/C28H23BrFN5O2/c1-2-5-26-33-24-13-8-19(29)14-23(24)28(37)35(26)31-15-18-16-34(25-7-4-3-6-22(18)25)17-27(36)32-21-11-9-20(30)10-12-21/h3-4,6-16H,2,5,17H2,1H3,(H,32,36). The van der Waals surface area contributed by atoms with Gasteiger partial charge in [0.25, 0.3) is 5.56 Å². The number of carbonyl (C=O) groups excluding carboxylic acids is 1. The van der Waals surface area contributed by atoms with E-state index in [1.165, 1.54) is 28.9 Å². The number of nitrogens with zero attached hydrogens (tertiary/aromatic N) is 4. The molecule has 0 aliphatic heterocycles. The number of carbonyl (C=O) groups is 1. The minimum atomic E-state index is -0.367. The lowest BCUT2D eigenvalue weighted by atomic mass is 10.2. The lowest BCUT2D eigenvalue weighted by Gasteiger charge is -2.08. The highest BCUT2D eigenvalue weighted by Crippen LogP contribution is 2.21. The summed E-state index contributed by atoms with van der Waals surface area (Å²) in [5.74, 6) is -0.0311. The van der Waals surface area contributed by atoms with Gasteiger partial charge in [0.1, 0.15) is 18.2 Å². The Morgan fingerprint density at radius 2 is 1.89 bits per heavy atom. The van der Waals surface area contributed by atoms with Crippen molar-refractivity contribution in [2.24, 2.45) is 5.10 Å². The summed E-state index contributed by atoms with van der Waals surface area (Å²) in [5, 5.41) is 8.70. The van der Waals surface area contributed by atoms with Gasteiger partial charge in [-0.3, -0.25) is 9.59 Å². The van der Waals surface area contributed by atoms with Gasteiger partial charge in [-0.1, -0.05) is 41.1 Å². The van der Waals surface area contributed by atoms with Gasteiger partial charge < -0.3 is 9.88 Å². The van der Waals surface area contributed by atoms with Gasteiger partial charge in [0.05, 0.1) is 17.1 Å². The minimum Gasteiger partial charge on any atom is -0.337 e. The number of amides is 1. The third kappa shape index (κ3) is 5.22. The molecule has 1 N–H and O–H groups in total. The summed E-state index contributed by atoms with van der Waals surface area (Å²) in [6.45, 7) is 2.08. The number of para-hydroxylation sites is 1. The van der Waals surface area contributed by atoms with E-state index in [1.54, 1.807) is 12.3 Å². The first kappa shape index (κ1) is 24.6. The third-order valence-corrected chi connectivity index (χ3v) is 6.42. The second kappa shape index (κ2) is 10.5. The lowest BCUT2D eigenvalue weighted by molar-refractivity contribution is -0.116. The van der Waals surface area contributed by atoms with Crippen molar-refractivity contribution in [3.8, 4) is 0 Å². The van der Waals surface area contributed by atoms with E-state index in [-0.39, 0.29) is 23.8 Å². The number of anilines is 1. The summed E-state index contributed by atoms with van der Waals surface area (Å²) in [6.07, 6.45) is 4.87. The highest BCUT2D eigenvalue weighted by molar-refractivity contribution is 9.10. The highest BCUT2D eigenvalue weighted by Gasteiger charge is 2.13. The van der Waals surface area contributed by atoms with Gasteiger partial charge >= 0.3 is 0 Å². The van der Waals surface area contributed by atoms with E-state index in [4.69, 9.17) is 0 Å². The van der Waals surface area contributed by atoms with E-state index in [9.17, 15) is 14.0 Å². The number of halogens is 2. The summed E-state index contributed by atoms with van der Waals surface area (Å²) < 4.78 is 17.1. The Kier molecular flexibility index (Phi) is 6.96. The molecule has 0 fully saturated rings. The average Bonchev–Trinajstić information content (AvgIpc) is 3.23. The first-order valence-corrected chi connectivity index (χ1v) is 12.6. The molecule has 0 radical (unpaired) electrons. The molecule has 186 valence electrons. The van der Waals surface area contributed by atoms with Crippen LogP contribution in [0.5, 0.6) is 0 Å². The van der Waals surface area contributed by atoms with Crippen LogP contribution >= 0.6 is 15.9 Å². The summed E-state index contributed by atoms with van der Waals surface area (Å²) in [7, 11) is 0. The predicted octanol–water partition coefficient (Wildman–Crippen LogP) is 5.73. The van der Waals surface area contributed by atoms with Crippen molar-refractivity contribution in [2.75, 3.05) is 5.32 Å². The van der Waals surface area contributed by atoms with Crippen molar-refractivity contribution in [3.05, 3.63) is 105 Å². The zero-order valence-corrected chi connectivity index (χ0v) is 21.6. The maximum absolute atomic E-state index is 13.3. The van der Waals surface area contributed by atoms with Crippen LogP contribution in [0.4, 0.5) is 10.1 Å². The Morgan fingerprint density at radius 3 is 2.68 bits per heavy atom. The summed E-state index contributed by atoms with van der Waals surface area (Å²) in [4.78, 5) is 30.7. The first-order chi connectivity index (χ1) is 17.9. The van der Waals surface area contributed by atoms with Crippen LogP contribution in [0.2, 0.25) is 0 Å². The number of rotatable bonds is 7. The molecule has 0 saturated carbocycles. The van der Waals surface area contributed by atoms with Crippen LogP contribution in [0, 0.1) is 5.82 Å². The molecule has 2 heterocycles. The van der Waals surface area contributed by atoms with Crippen molar-refractivity contribution in [3.63, 3.8) is 0 Å². The Bertz CT molecular complexity index is 1710. The summed E-state index contributed by atoms with van der Waals surface area (Å²) >= 11 is 3.42. The van der Waals surface area contributed by atoms with Crippen molar-refractivity contribution in [2.45, 2.75) is 26.3 Å². The van der Waals surface area contributed by atoms with E-state index < -0.39 is 0 Å². The van der Waals surface area contributed by atoms with Gasteiger partial charge in [0.15, 0.2) is 0 Å². The molecule has 37 heavy (non-hydrogen) atoms. The molecule has 0 aliphatic rings. The van der Waals surface area contributed by atoms with Gasteiger partial charge in [-0.2, -0.15) is 9.78 Å². The largest absolute Gasteiger partial charge is 0.337 e. The Morgan fingerprint density at radius 1 is 1.11 bits per heavy atom. The smallest absolute Gasteiger partial charge is 0.282 e. The topological polar surface area (TPSA) is 81.3 Å². The fourth-order valence-electron chi connectivity index (χ4n) is 4.22. The van der Waals surface area contributed by atoms with Crippen LogP contribution in [0.1, 0.15) is 24.7 Å². The zero-order chi connectivity index (χ0) is 25.9. The summed E-state index contributed by atoms with van der Waals surface area (Å²) in [5.41, 5.74) is 2.51. The van der Waals surface area contributed by atoms with Crippen LogP contribution in [0.25, 0.3) is 21.8 Å². The van der Waals surface area contributed by atoms with Crippen molar-refractivity contribution >= 4 is 55.5 Å². The molecule has 0 unspecified atom stereocenters. The van der Waals surface area contributed by atoms with E-state index >= 15 is 0 Å². The fourth-order valence-corrected chi connectivity index (χ4v) is 4.58. The monoisotopic (exact) mass is 559 g/mol. The predicted molar refractivity (Wildman–Crippen MR) is 148 cm³/mol. The van der Waals surface area contributed by atoms with E-state index in [2.05, 4.69) is 31.3 Å². The number of fused-ring (bicyclic) bond motifs is 2. The minimum absolute atomic E-state index is 0.0539. The molecule has 5 aromatic rings. The molecule has 5 rings (SSSR count). The second-order valence-corrected chi connectivity index (χ2v) is 9.50. The number of benzene rings is 3. The van der Waals surface area contributed by atoms with Crippen LogP contribution < -0.4 is 10.9 Å². The molecule has 0 saturated heterocycles. The molecule has 3 aromatic carbocycles. The highest BCUT2D eigenvalue weighted by atomic mass is 79.9. The normalized spacial score (nSPS) is 11.5. The van der Waals surface area contributed by atoms with E-state index in [0.29, 0.717) is 28.8 Å². The quantitative estimate of drug-likeness (QED) is 0.259. The Hall–Kier alpha value is -4.11. The zero-order valence-electron chi connectivity index (χ0n) is 20.0. The Labute approximate surface area is 220 Å². The van der Waals surface area contributed by atoms with Gasteiger partial charge in [0, 0.05) is 39.2 Å². The molecule has 0 spiro atoms. The Balaban J connectivity index is 1.50. The molecule has 1 amide bonds. The molecule has 0 aliphatic carbocycles. The van der Waals surface area contributed by atoms with Crippen LogP contribution in [-0.4, -0.2) is 26.3 Å². The molecular weight excluding hydrogens is 537 g/mol. The van der Waals surface area contributed by atoms with Crippen molar-refractivity contribution in [1.82, 2.24) is 14.2 Å². The van der Waals surface area contributed by atoms with Gasteiger partial charge in [-0.25, -0.2) is 9.37 Å². The number of aryl methyl sites for hydroxylation is 1. The third-order valence-electron chi connectivity index (χ3n) is 5.92. The van der Waals surface area contributed by atoms with Crippen molar-refractivity contribution in [1.29, 1.82) is 0 Å². The second-order valence-electron chi connectivity index (χ2n) is 8.59. The van der Waals surface area contributed by atoms with Crippen LogP contribution in [-0.2, 0) is 17.8 Å². The number of hydrogen-bond donors (Lipinski definition) is 1. The van der Waals surface area contributed by atoms with Gasteiger partial charge in [-0.05, 0) is 55.0 Å². The molecular formula is C28H23BrFN5O2. The first-order valence-electron chi connectivity index (χ1n) is 11.8. The maximum atomic E-state index is 13.3. The average molecular weight is 560 g/mol. The molecule has 0 atom stereocenters. The molecule has 9 heteroatoms. The van der Waals surface area contributed by atoms with Crippen LogP contribution in [0.3, 0.4) is 0 Å². The van der Waals surface area contributed by atoms with Gasteiger partial charge in [-0.15, -0.1) is 0 Å². The van der Waals surface area contributed by atoms with E-state index in [0.717, 1.165) is 27.4 Å². The number of aromatic nitrogens is 3. The van der Waals surface area contributed by atoms with Crippen molar-refractivity contribution < 1.29 is 9.18 Å². The number of nitrogens with one attached hydrogen (secondary N) is 1. The van der Waals surface area contributed by atoms with Gasteiger partial charge in [0.2, 0.25) is 5.91 Å².